The van der Waals surface area contributed by atoms with E-state index in [2.05, 4.69) is 12.2 Å². The Morgan fingerprint density at radius 2 is 1.79 bits per heavy atom. The summed E-state index contributed by atoms with van der Waals surface area (Å²) in [6.45, 7) is 3.12. The number of unbranched alkanes of at least 4 members (excludes halogenated alkanes) is 1. The van der Waals surface area contributed by atoms with Gasteiger partial charge < -0.3 is 10.2 Å². The molecule has 0 aromatic heterocycles. The molecule has 0 spiro atoms. The molecule has 0 bridgehead atoms. The first kappa shape index (κ1) is 17.5. The van der Waals surface area contributed by atoms with Crippen LogP contribution in [0.4, 0.5) is 16.2 Å². The van der Waals surface area contributed by atoms with Gasteiger partial charge in [-0.05, 0) is 18.1 Å². The third-order valence-electron chi connectivity index (χ3n) is 3.63. The Labute approximate surface area is 141 Å². The number of carbonyl (C=O) groups excluding carboxylic acids is 1. The number of nitrogens with zero attached hydrogens (tertiary/aromatic N) is 2. The van der Waals surface area contributed by atoms with Crippen molar-refractivity contribution < 1.29 is 9.72 Å². The predicted molar refractivity (Wildman–Crippen MR) is 93.9 cm³/mol. The Morgan fingerprint density at radius 3 is 2.46 bits per heavy atom. The van der Waals surface area contributed by atoms with E-state index in [0.717, 1.165) is 18.4 Å². The third-order valence-corrected chi connectivity index (χ3v) is 3.63. The highest BCUT2D eigenvalue weighted by Gasteiger charge is 2.19. The number of amides is 2. The highest BCUT2D eigenvalue weighted by molar-refractivity contribution is 5.91. The van der Waals surface area contributed by atoms with Gasteiger partial charge >= 0.3 is 6.03 Å². The van der Waals surface area contributed by atoms with Crippen molar-refractivity contribution in [2.75, 3.05) is 11.9 Å². The standard InChI is InChI=1S/C18H21N3O3/c1-2-3-13-20(14-15-9-5-4-6-10-15)18(22)19-16-11-7-8-12-17(16)21(23)24/h4-12H,2-3,13-14H2,1H3,(H,19,22). The average molecular weight is 327 g/mol. The predicted octanol–water partition coefficient (Wildman–Crippen LogP) is 4.43. The number of carbonyl (C=O) groups is 1. The van der Waals surface area contributed by atoms with Crippen LogP contribution in [-0.4, -0.2) is 22.4 Å². The lowest BCUT2D eigenvalue weighted by Gasteiger charge is -2.23. The summed E-state index contributed by atoms with van der Waals surface area (Å²) in [4.78, 5) is 24.8. The zero-order chi connectivity index (χ0) is 17.4. The molecule has 0 heterocycles. The molecule has 0 fully saturated rings. The first-order chi connectivity index (χ1) is 11.6. The van der Waals surface area contributed by atoms with Crippen molar-refractivity contribution >= 4 is 17.4 Å². The molecule has 2 rings (SSSR count). The van der Waals surface area contributed by atoms with E-state index in [1.807, 2.05) is 30.3 Å². The fourth-order valence-corrected chi connectivity index (χ4v) is 2.34. The van der Waals surface area contributed by atoms with Gasteiger partial charge in [-0.1, -0.05) is 55.8 Å². The lowest BCUT2D eigenvalue weighted by Crippen LogP contribution is -2.35. The van der Waals surface area contributed by atoms with Crippen molar-refractivity contribution in [3.05, 3.63) is 70.3 Å². The van der Waals surface area contributed by atoms with Gasteiger partial charge in [0.1, 0.15) is 5.69 Å². The molecule has 2 aromatic rings. The van der Waals surface area contributed by atoms with Gasteiger partial charge in [0.15, 0.2) is 0 Å². The zero-order valence-electron chi connectivity index (χ0n) is 13.6. The van der Waals surface area contributed by atoms with Gasteiger partial charge in [-0.3, -0.25) is 10.1 Å². The topological polar surface area (TPSA) is 75.5 Å². The van der Waals surface area contributed by atoms with Gasteiger partial charge in [-0.2, -0.15) is 0 Å². The molecule has 6 heteroatoms. The van der Waals surface area contributed by atoms with Crippen molar-refractivity contribution in [1.82, 2.24) is 4.90 Å². The van der Waals surface area contributed by atoms with Gasteiger partial charge in [-0.25, -0.2) is 4.79 Å². The number of benzene rings is 2. The number of anilines is 1. The third kappa shape index (κ3) is 4.81. The van der Waals surface area contributed by atoms with Crippen molar-refractivity contribution in [1.29, 1.82) is 0 Å². The van der Waals surface area contributed by atoms with Gasteiger partial charge in [0.2, 0.25) is 0 Å². The molecule has 2 aromatic carbocycles. The molecule has 126 valence electrons. The number of hydrogen-bond acceptors (Lipinski definition) is 3. The van der Waals surface area contributed by atoms with Gasteiger partial charge in [-0.15, -0.1) is 0 Å². The van der Waals surface area contributed by atoms with E-state index < -0.39 is 4.92 Å². The number of para-hydroxylation sites is 2. The van der Waals surface area contributed by atoms with Crippen molar-refractivity contribution in [2.45, 2.75) is 26.3 Å². The largest absolute Gasteiger partial charge is 0.322 e. The number of nitro benzene ring substituents is 1. The van der Waals surface area contributed by atoms with Gasteiger partial charge in [0, 0.05) is 19.2 Å². The van der Waals surface area contributed by atoms with Crippen LogP contribution in [0.5, 0.6) is 0 Å². The highest BCUT2D eigenvalue weighted by atomic mass is 16.6. The molecule has 2 amide bonds. The molecule has 0 aliphatic rings. The maximum Gasteiger partial charge on any atom is 0.322 e. The summed E-state index contributed by atoms with van der Waals surface area (Å²) < 4.78 is 0. The van der Waals surface area contributed by atoms with E-state index in [-0.39, 0.29) is 17.4 Å². The summed E-state index contributed by atoms with van der Waals surface area (Å²) >= 11 is 0. The van der Waals surface area contributed by atoms with Crippen LogP contribution in [-0.2, 0) is 6.54 Å². The van der Waals surface area contributed by atoms with Crippen LogP contribution in [0.25, 0.3) is 0 Å². The van der Waals surface area contributed by atoms with E-state index in [1.165, 1.54) is 12.1 Å². The molecule has 0 aliphatic heterocycles. The van der Waals surface area contributed by atoms with Crippen LogP contribution in [0.15, 0.2) is 54.6 Å². The number of urea groups is 1. The molecule has 0 saturated heterocycles. The molecular formula is C18H21N3O3. The minimum Gasteiger partial charge on any atom is -0.320 e. The fourth-order valence-electron chi connectivity index (χ4n) is 2.34. The number of hydrogen-bond donors (Lipinski definition) is 1. The van der Waals surface area contributed by atoms with Crippen LogP contribution in [0.2, 0.25) is 0 Å². The maximum atomic E-state index is 12.6. The van der Waals surface area contributed by atoms with Crippen LogP contribution in [0, 0.1) is 10.1 Å². The number of nitro groups is 1. The van der Waals surface area contributed by atoms with Crippen molar-refractivity contribution in [3.63, 3.8) is 0 Å². The summed E-state index contributed by atoms with van der Waals surface area (Å²) in [6, 6.07) is 15.5. The van der Waals surface area contributed by atoms with Crippen molar-refractivity contribution in [2.24, 2.45) is 0 Å². The SMILES string of the molecule is CCCCN(Cc1ccccc1)C(=O)Nc1ccccc1[N+](=O)[O-]. The lowest BCUT2D eigenvalue weighted by atomic mass is 10.2. The monoisotopic (exact) mass is 327 g/mol. The maximum absolute atomic E-state index is 12.6. The first-order valence-corrected chi connectivity index (χ1v) is 7.95. The Morgan fingerprint density at radius 1 is 1.12 bits per heavy atom. The van der Waals surface area contributed by atoms with E-state index in [1.54, 1.807) is 17.0 Å². The second kappa shape index (κ2) is 8.67. The Bertz CT molecular complexity index is 689. The van der Waals surface area contributed by atoms with Gasteiger partial charge in [0.05, 0.1) is 4.92 Å². The summed E-state index contributed by atoms with van der Waals surface area (Å²) in [5.41, 5.74) is 1.12. The quantitative estimate of drug-likeness (QED) is 0.604. The highest BCUT2D eigenvalue weighted by Crippen LogP contribution is 2.23. The molecule has 0 saturated carbocycles. The van der Waals surface area contributed by atoms with Crippen molar-refractivity contribution in [3.8, 4) is 0 Å². The molecule has 0 aliphatic carbocycles. The van der Waals surface area contributed by atoms with E-state index in [0.29, 0.717) is 13.1 Å². The normalized spacial score (nSPS) is 10.2. The fraction of sp³-hybridized carbons (Fsp3) is 0.278. The molecule has 6 nitrogen and oxygen atoms in total. The first-order valence-electron chi connectivity index (χ1n) is 7.95. The summed E-state index contributed by atoms with van der Waals surface area (Å²) in [5, 5.41) is 13.7. The van der Waals surface area contributed by atoms with Crippen LogP contribution < -0.4 is 5.32 Å². The number of nitrogens with one attached hydrogen (secondary N) is 1. The summed E-state index contributed by atoms with van der Waals surface area (Å²) in [5.74, 6) is 0. The molecular weight excluding hydrogens is 306 g/mol. The van der Waals surface area contributed by atoms with Crippen LogP contribution >= 0.6 is 0 Å². The second-order valence-electron chi connectivity index (χ2n) is 5.47. The molecule has 24 heavy (non-hydrogen) atoms. The lowest BCUT2D eigenvalue weighted by molar-refractivity contribution is -0.383. The smallest absolute Gasteiger partial charge is 0.320 e. The number of rotatable bonds is 7. The molecule has 1 N–H and O–H groups in total. The minimum absolute atomic E-state index is 0.110. The summed E-state index contributed by atoms with van der Waals surface area (Å²) in [7, 11) is 0. The zero-order valence-corrected chi connectivity index (χ0v) is 13.6. The Hall–Kier alpha value is -2.89. The molecule has 0 atom stereocenters. The van der Waals surface area contributed by atoms with Crippen LogP contribution in [0.1, 0.15) is 25.3 Å². The van der Waals surface area contributed by atoms with E-state index in [4.69, 9.17) is 0 Å². The molecule has 0 unspecified atom stereocenters. The average Bonchev–Trinajstić information content (AvgIpc) is 2.59. The van der Waals surface area contributed by atoms with Crippen LogP contribution in [0.3, 0.4) is 0 Å². The second-order valence-corrected chi connectivity index (χ2v) is 5.47. The van der Waals surface area contributed by atoms with E-state index >= 15 is 0 Å². The Kier molecular flexibility index (Phi) is 6.31. The van der Waals surface area contributed by atoms with E-state index in [9.17, 15) is 14.9 Å². The minimum atomic E-state index is -0.497. The Balaban J connectivity index is 2.14. The summed E-state index contributed by atoms with van der Waals surface area (Å²) in [6.07, 6.45) is 1.83. The van der Waals surface area contributed by atoms with Gasteiger partial charge in [0.25, 0.3) is 5.69 Å². The molecule has 0 radical (unpaired) electrons.